The third kappa shape index (κ3) is 3.00. The molecule has 0 unspecified atom stereocenters. The summed E-state index contributed by atoms with van der Waals surface area (Å²) in [6.07, 6.45) is 4.26. The molecular weight excluding hydrogens is 331 g/mol. The standard InChI is InChI=1S/C16H15FN4O2S/c1-11-19-10-16(21(11)2)24(22,23)20-15-9-18-8-7-14(15)12-3-5-13(17)6-4-12/h3-10,20H,1-2H3. The topological polar surface area (TPSA) is 76.9 Å². The van der Waals surface area contributed by atoms with E-state index in [9.17, 15) is 12.8 Å². The molecule has 2 aromatic heterocycles. The van der Waals surface area contributed by atoms with E-state index < -0.39 is 10.0 Å². The number of anilines is 1. The van der Waals surface area contributed by atoms with Crippen LogP contribution in [-0.2, 0) is 17.1 Å². The average Bonchev–Trinajstić information content (AvgIpc) is 2.89. The molecule has 2 heterocycles. The highest BCUT2D eigenvalue weighted by atomic mass is 32.2. The highest BCUT2D eigenvalue weighted by molar-refractivity contribution is 7.92. The Balaban J connectivity index is 2.02. The molecule has 0 saturated carbocycles. The van der Waals surface area contributed by atoms with Crippen molar-refractivity contribution in [2.24, 2.45) is 7.05 Å². The van der Waals surface area contributed by atoms with Gasteiger partial charge in [0.05, 0.1) is 18.1 Å². The van der Waals surface area contributed by atoms with Crippen LogP contribution < -0.4 is 4.72 Å². The second kappa shape index (κ2) is 6.04. The number of hydrogen-bond acceptors (Lipinski definition) is 4. The summed E-state index contributed by atoms with van der Waals surface area (Å²) in [5.74, 6) is 0.223. The summed E-state index contributed by atoms with van der Waals surface area (Å²) in [6.45, 7) is 1.72. The fraction of sp³-hybridized carbons (Fsp3) is 0.125. The van der Waals surface area contributed by atoms with Crippen molar-refractivity contribution < 1.29 is 12.8 Å². The predicted molar refractivity (Wildman–Crippen MR) is 88.4 cm³/mol. The van der Waals surface area contributed by atoms with E-state index in [0.29, 0.717) is 22.6 Å². The van der Waals surface area contributed by atoms with Crippen LogP contribution in [0.3, 0.4) is 0 Å². The first-order valence-electron chi connectivity index (χ1n) is 7.09. The third-order valence-corrected chi connectivity index (χ3v) is 5.09. The monoisotopic (exact) mass is 346 g/mol. The molecule has 0 atom stereocenters. The molecule has 1 N–H and O–H groups in total. The zero-order valence-corrected chi connectivity index (χ0v) is 13.9. The lowest BCUT2D eigenvalue weighted by Crippen LogP contribution is -2.17. The summed E-state index contributed by atoms with van der Waals surface area (Å²) in [5, 5.41) is 0.0499. The number of rotatable bonds is 4. The first kappa shape index (κ1) is 16.1. The second-order valence-corrected chi connectivity index (χ2v) is 6.87. The molecule has 0 spiro atoms. The van der Waals surface area contributed by atoms with Crippen LogP contribution in [0, 0.1) is 12.7 Å². The van der Waals surface area contributed by atoms with E-state index in [1.165, 1.54) is 29.1 Å². The van der Waals surface area contributed by atoms with Crippen molar-refractivity contribution in [3.8, 4) is 11.1 Å². The van der Waals surface area contributed by atoms with Gasteiger partial charge >= 0.3 is 0 Å². The molecule has 3 aromatic rings. The number of halogens is 1. The van der Waals surface area contributed by atoms with Gasteiger partial charge in [-0.3, -0.25) is 9.71 Å². The molecule has 1 aromatic carbocycles. The van der Waals surface area contributed by atoms with Crippen molar-refractivity contribution in [2.45, 2.75) is 11.9 Å². The summed E-state index contributed by atoms with van der Waals surface area (Å²) in [6, 6.07) is 7.46. The predicted octanol–water partition coefficient (Wildman–Crippen LogP) is 2.73. The lowest BCUT2D eigenvalue weighted by atomic mass is 10.1. The molecule has 0 amide bonds. The van der Waals surface area contributed by atoms with Crippen molar-refractivity contribution in [2.75, 3.05) is 4.72 Å². The summed E-state index contributed by atoms with van der Waals surface area (Å²) < 4.78 is 42.3. The van der Waals surface area contributed by atoms with Gasteiger partial charge in [-0.05, 0) is 30.7 Å². The van der Waals surface area contributed by atoms with Gasteiger partial charge in [0.1, 0.15) is 11.6 Å². The molecule has 124 valence electrons. The van der Waals surface area contributed by atoms with Crippen LogP contribution >= 0.6 is 0 Å². The molecule has 0 radical (unpaired) electrons. The maximum absolute atomic E-state index is 13.1. The quantitative estimate of drug-likeness (QED) is 0.788. The number of benzene rings is 1. The first-order chi connectivity index (χ1) is 11.4. The van der Waals surface area contributed by atoms with Gasteiger partial charge in [0.25, 0.3) is 10.0 Å². The van der Waals surface area contributed by atoms with Gasteiger partial charge in [-0.25, -0.2) is 9.37 Å². The van der Waals surface area contributed by atoms with E-state index in [0.717, 1.165) is 0 Å². The van der Waals surface area contributed by atoms with Gasteiger partial charge in [0.2, 0.25) is 0 Å². The summed E-state index contributed by atoms with van der Waals surface area (Å²) in [7, 11) is -2.20. The summed E-state index contributed by atoms with van der Waals surface area (Å²) >= 11 is 0. The summed E-state index contributed by atoms with van der Waals surface area (Å²) in [5.41, 5.74) is 1.59. The van der Waals surface area contributed by atoms with Gasteiger partial charge in [-0.1, -0.05) is 12.1 Å². The number of imidazole rings is 1. The molecular formula is C16H15FN4O2S. The van der Waals surface area contributed by atoms with Crippen molar-refractivity contribution in [3.05, 3.63) is 60.6 Å². The van der Waals surface area contributed by atoms with Crippen LogP contribution in [0.1, 0.15) is 5.82 Å². The van der Waals surface area contributed by atoms with Gasteiger partial charge < -0.3 is 4.57 Å². The minimum atomic E-state index is -3.83. The van der Waals surface area contributed by atoms with E-state index >= 15 is 0 Å². The fourth-order valence-electron chi connectivity index (χ4n) is 2.28. The number of nitrogens with zero attached hydrogens (tertiary/aromatic N) is 3. The Bertz CT molecular complexity index is 982. The smallest absolute Gasteiger partial charge is 0.279 e. The number of hydrogen-bond donors (Lipinski definition) is 1. The highest BCUT2D eigenvalue weighted by Crippen LogP contribution is 2.29. The zero-order chi connectivity index (χ0) is 17.3. The molecule has 0 aliphatic carbocycles. The van der Waals surface area contributed by atoms with E-state index in [1.807, 2.05) is 0 Å². The van der Waals surface area contributed by atoms with Crippen LogP contribution in [0.25, 0.3) is 11.1 Å². The van der Waals surface area contributed by atoms with Gasteiger partial charge in [0.15, 0.2) is 5.03 Å². The molecule has 24 heavy (non-hydrogen) atoms. The Morgan fingerprint density at radius 2 is 1.83 bits per heavy atom. The van der Waals surface area contributed by atoms with Gasteiger partial charge in [-0.2, -0.15) is 8.42 Å². The van der Waals surface area contributed by atoms with Gasteiger partial charge in [-0.15, -0.1) is 0 Å². The first-order valence-corrected chi connectivity index (χ1v) is 8.58. The minimum absolute atomic E-state index is 0.0499. The normalized spacial score (nSPS) is 11.5. The molecule has 3 rings (SSSR count). The third-order valence-electron chi connectivity index (χ3n) is 3.67. The van der Waals surface area contributed by atoms with Crippen LogP contribution in [0.4, 0.5) is 10.1 Å². The molecule has 0 aliphatic rings. The number of nitrogens with one attached hydrogen (secondary N) is 1. The number of sulfonamides is 1. The van der Waals surface area contributed by atoms with Crippen molar-refractivity contribution >= 4 is 15.7 Å². The number of aromatic nitrogens is 3. The second-order valence-electron chi connectivity index (χ2n) is 5.24. The van der Waals surface area contributed by atoms with Crippen molar-refractivity contribution in [1.82, 2.24) is 14.5 Å². The Kier molecular flexibility index (Phi) is 4.06. The van der Waals surface area contributed by atoms with Crippen LogP contribution in [0.15, 0.2) is 53.9 Å². The number of aryl methyl sites for hydroxylation is 1. The lowest BCUT2D eigenvalue weighted by Gasteiger charge is -2.12. The Labute approximate surface area is 139 Å². The Morgan fingerprint density at radius 1 is 1.12 bits per heavy atom. The molecule has 8 heteroatoms. The SMILES string of the molecule is Cc1ncc(S(=O)(=O)Nc2cnccc2-c2ccc(F)cc2)n1C. The lowest BCUT2D eigenvalue weighted by molar-refractivity contribution is 0.590. The Hall–Kier alpha value is -2.74. The largest absolute Gasteiger partial charge is 0.321 e. The molecule has 0 aliphatic heterocycles. The molecule has 0 saturated heterocycles. The van der Waals surface area contributed by atoms with Crippen LogP contribution in [-0.4, -0.2) is 23.0 Å². The highest BCUT2D eigenvalue weighted by Gasteiger charge is 2.21. The van der Waals surface area contributed by atoms with Gasteiger partial charge in [0, 0.05) is 18.8 Å². The van der Waals surface area contributed by atoms with Crippen molar-refractivity contribution in [1.29, 1.82) is 0 Å². The van der Waals surface area contributed by atoms with Crippen molar-refractivity contribution in [3.63, 3.8) is 0 Å². The van der Waals surface area contributed by atoms with Crippen LogP contribution in [0.2, 0.25) is 0 Å². The maximum Gasteiger partial charge on any atom is 0.279 e. The molecule has 0 bridgehead atoms. The van der Waals surface area contributed by atoms with E-state index in [1.54, 1.807) is 38.4 Å². The van der Waals surface area contributed by atoms with E-state index in [2.05, 4.69) is 14.7 Å². The van der Waals surface area contributed by atoms with E-state index in [-0.39, 0.29) is 10.8 Å². The maximum atomic E-state index is 13.1. The Morgan fingerprint density at radius 3 is 2.46 bits per heavy atom. The fourth-order valence-corrected chi connectivity index (χ4v) is 3.53. The zero-order valence-electron chi connectivity index (χ0n) is 13.1. The summed E-state index contributed by atoms with van der Waals surface area (Å²) in [4.78, 5) is 7.97. The number of pyridine rings is 1. The van der Waals surface area contributed by atoms with E-state index in [4.69, 9.17) is 0 Å². The molecule has 6 nitrogen and oxygen atoms in total. The van der Waals surface area contributed by atoms with Crippen LogP contribution in [0.5, 0.6) is 0 Å². The molecule has 0 fully saturated rings. The minimum Gasteiger partial charge on any atom is -0.321 e. The average molecular weight is 346 g/mol.